The highest BCUT2D eigenvalue weighted by molar-refractivity contribution is 5.42. The molecule has 3 heteroatoms. The van der Waals surface area contributed by atoms with Crippen LogP contribution in [0.2, 0.25) is 0 Å². The van der Waals surface area contributed by atoms with Crippen molar-refractivity contribution in [3.05, 3.63) is 29.8 Å². The van der Waals surface area contributed by atoms with Crippen molar-refractivity contribution in [3.63, 3.8) is 0 Å². The summed E-state index contributed by atoms with van der Waals surface area (Å²) in [6.07, 6.45) is 2.01. The van der Waals surface area contributed by atoms with Crippen LogP contribution in [0.15, 0.2) is 24.3 Å². The lowest BCUT2D eigenvalue weighted by Crippen LogP contribution is -2.50. The monoisotopic (exact) mass is 204 g/mol. The van der Waals surface area contributed by atoms with Crippen LogP contribution in [-0.2, 0) is 0 Å². The van der Waals surface area contributed by atoms with Gasteiger partial charge in [-0.15, -0.1) is 0 Å². The first-order valence-corrected chi connectivity index (χ1v) is 5.56. The van der Waals surface area contributed by atoms with Crippen LogP contribution in [0.25, 0.3) is 0 Å². The molecule has 2 aliphatic rings. The van der Waals surface area contributed by atoms with Crippen LogP contribution < -0.4 is 15.8 Å². The second-order valence-corrected chi connectivity index (χ2v) is 4.43. The molecule has 3 nitrogen and oxygen atoms in total. The molecular weight excluding hydrogens is 188 g/mol. The molecule has 1 aromatic carbocycles. The number of nitrogens with one attached hydrogen (secondary N) is 1. The smallest absolute Gasteiger partial charge is 0.131 e. The quantitative estimate of drug-likeness (QED) is 0.667. The van der Waals surface area contributed by atoms with E-state index < -0.39 is 0 Å². The summed E-state index contributed by atoms with van der Waals surface area (Å²) in [5.74, 6) is 0.979. The van der Waals surface area contributed by atoms with E-state index in [1.165, 1.54) is 5.56 Å². The fraction of sp³-hybridized carbons (Fsp3) is 0.500. The molecule has 0 bridgehead atoms. The number of nitrogens with two attached hydrogens (primary N) is 1. The molecule has 0 radical (unpaired) electrons. The van der Waals surface area contributed by atoms with Gasteiger partial charge in [-0.2, -0.15) is 0 Å². The fourth-order valence-corrected chi connectivity index (χ4v) is 2.66. The molecule has 0 saturated carbocycles. The fourth-order valence-electron chi connectivity index (χ4n) is 2.66. The predicted molar refractivity (Wildman–Crippen MR) is 58.8 cm³/mol. The number of rotatable bonds is 0. The third-order valence-corrected chi connectivity index (χ3v) is 3.58. The first kappa shape index (κ1) is 9.19. The van der Waals surface area contributed by atoms with Gasteiger partial charge in [0.25, 0.3) is 0 Å². The van der Waals surface area contributed by atoms with Gasteiger partial charge in [0.05, 0.1) is 6.04 Å². The van der Waals surface area contributed by atoms with Crippen molar-refractivity contribution in [2.75, 3.05) is 13.1 Å². The maximum absolute atomic E-state index is 6.30. The van der Waals surface area contributed by atoms with Crippen molar-refractivity contribution in [2.45, 2.75) is 24.5 Å². The Morgan fingerprint density at radius 3 is 2.73 bits per heavy atom. The number of ether oxygens (including phenoxy) is 1. The molecule has 1 saturated heterocycles. The molecule has 15 heavy (non-hydrogen) atoms. The third kappa shape index (κ3) is 1.27. The lowest BCUT2D eigenvalue weighted by Gasteiger charge is -2.36. The van der Waals surface area contributed by atoms with Gasteiger partial charge < -0.3 is 15.8 Å². The van der Waals surface area contributed by atoms with Gasteiger partial charge in [0.1, 0.15) is 11.4 Å². The first-order valence-electron chi connectivity index (χ1n) is 5.56. The summed E-state index contributed by atoms with van der Waals surface area (Å²) in [5, 5.41) is 3.35. The van der Waals surface area contributed by atoms with E-state index in [-0.39, 0.29) is 11.6 Å². The average Bonchev–Trinajstić information content (AvgIpc) is 2.54. The van der Waals surface area contributed by atoms with Crippen LogP contribution in [0.4, 0.5) is 0 Å². The standard InChI is InChI=1S/C12H16N2O/c13-11-9-3-1-2-4-10(9)15-12(11)5-7-14-8-6-12/h1-4,11,14H,5-8,13H2/t11-/m0/s1. The first-order chi connectivity index (χ1) is 7.32. The summed E-state index contributed by atoms with van der Waals surface area (Å²) in [5.41, 5.74) is 7.33. The Bertz CT molecular complexity index is 372. The number of hydrogen-bond acceptors (Lipinski definition) is 3. The molecule has 2 aliphatic heterocycles. The van der Waals surface area contributed by atoms with E-state index in [1.54, 1.807) is 0 Å². The van der Waals surface area contributed by atoms with Gasteiger partial charge in [0.2, 0.25) is 0 Å². The number of piperidine rings is 1. The molecule has 0 aliphatic carbocycles. The molecule has 1 spiro atoms. The van der Waals surface area contributed by atoms with Gasteiger partial charge in [-0.3, -0.25) is 0 Å². The van der Waals surface area contributed by atoms with Crippen molar-refractivity contribution < 1.29 is 4.74 Å². The third-order valence-electron chi connectivity index (χ3n) is 3.58. The minimum absolute atomic E-state index is 0.0378. The SMILES string of the molecule is N[C@H]1c2ccccc2OC12CCNCC2. The number of hydrogen-bond donors (Lipinski definition) is 2. The van der Waals surface area contributed by atoms with Gasteiger partial charge in [0, 0.05) is 18.4 Å². The summed E-state index contributed by atoms with van der Waals surface area (Å²) >= 11 is 0. The van der Waals surface area contributed by atoms with E-state index in [1.807, 2.05) is 18.2 Å². The zero-order chi connectivity index (χ0) is 10.3. The van der Waals surface area contributed by atoms with Crippen molar-refractivity contribution in [3.8, 4) is 5.75 Å². The minimum atomic E-state index is -0.144. The highest BCUT2D eigenvalue weighted by Gasteiger charge is 2.46. The highest BCUT2D eigenvalue weighted by atomic mass is 16.5. The normalized spacial score (nSPS) is 27.4. The van der Waals surface area contributed by atoms with Crippen molar-refractivity contribution in [1.82, 2.24) is 5.32 Å². The summed E-state index contributed by atoms with van der Waals surface area (Å²) < 4.78 is 6.08. The van der Waals surface area contributed by atoms with E-state index in [4.69, 9.17) is 10.5 Å². The van der Waals surface area contributed by atoms with Crippen LogP contribution in [0.3, 0.4) is 0 Å². The van der Waals surface area contributed by atoms with Crippen molar-refractivity contribution >= 4 is 0 Å². The van der Waals surface area contributed by atoms with Crippen LogP contribution in [-0.4, -0.2) is 18.7 Å². The Morgan fingerprint density at radius 1 is 1.27 bits per heavy atom. The van der Waals surface area contributed by atoms with E-state index in [2.05, 4.69) is 11.4 Å². The van der Waals surface area contributed by atoms with Crippen molar-refractivity contribution in [1.29, 1.82) is 0 Å². The Kier molecular flexibility index (Phi) is 1.97. The molecule has 3 rings (SSSR count). The second kappa shape index (κ2) is 3.22. The highest BCUT2D eigenvalue weighted by Crippen LogP contribution is 2.45. The maximum atomic E-state index is 6.30. The molecule has 0 amide bonds. The maximum Gasteiger partial charge on any atom is 0.131 e. The molecule has 0 aromatic heterocycles. The number of para-hydroxylation sites is 1. The topological polar surface area (TPSA) is 47.3 Å². The Hall–Kier alpha value is -1.06. The van der Waals surface area contributed by atoms with Gasteiger partial charge in [-0.25, -0.2) is 0 Å². The molecule has 3 N–H and O–H groups in total. The Labute approximate surface area is 89.6 Å². The molecule has 1 fully saturated rings. The lowest BCUT2D eigenvalue weighted by molar-refractivity contribution is 0.0369. The summed E-state index contributed by atoms with van der Waals surface area (Å²) in [7, 11) is 0. The second-order valence-electron chi connectivity index (χ2n) is 4.43. The van der Waals surface area contributed by atoms with Crippen LogP contribution in [0.5, 0.6) is 5.75 Å². The van der Waals surface area contributed by atoms with Crippen LogP contribution >= 0.6 is 0 Å². The number of fused-ring (bicyclic) bond motifs is 1. The van der Waals surface area contributed by atoms with Gasteiger partial charge in [-0.05, 0) is 19.2 Å². The zero-order valence-electron chi connectivity index (χ0n) is 8.70. The number of benzene rings is 1. The summed E-state index contributed by atoms with van der Waals surface area (Å²) in [6, 6.07) is 8.17. The molecule has 80 valence electrons. The average molecular weight is 204 g/mol. The van der Waals surface area contributed by atoms with E-state index in [0.717, 1.165) is 31.7 Å². The van der Waals surface area contributed by atoms with Crippen LogP contribution in [0, 0.1) is 0 Å². The van der Waals surface area contributed by atoms with E-state index in [0.29, 0.717) is 0 Å². The molecule has 1 atom stereocenters. The van der Waals surface area contributed by atoms with Gasteiger partial charge >= 0.3 is 0 Å². The van der Waals surface area contributed by atoms with Gasteiger partial charge in [-0.1, -0.05) is 18.2 Å². The molecule has 0 unspecified atom stereocenters. The van der Waals surface area contributed by atoms with Crippen LogP contribution in [0.1, 0.15) is 24.4 Å². The lowest BCUT2D eigenvalue weighted by atomic mass is 9.84. The van der Waals surface area contributed by atoms with E-state index >= 15 is 0 Å². The summed E-state index contributed by atoms with van der Waals surface area (Å²) in [6.45, 7) is 2.00. The molecule has 2 heterocycles. The summed E-state index contributed by atoms with van der Waals surface area (Å²) in [4.78, 5) is 0. The molecular formula is C12H16N2O. The minimum Gasteiger partial charge on any atom is -0.485 e. The zero-order valence-corrected chi connectivity index (χ0v) is 8.70. The molecule has 1 aromatic rings. The predicted octanol–water partition coefficient (Wildman–Crippen LogP) is 1.20. The largest absolute Gasteiger partial charge is 0.485 e. The van der Waals surface area contributed by atoms with Crippen molar-refractivity contribution in [2.24, 2.45) is 5.73 Å². The van der Waals surface area contributed by atoms with E-state index in [9.17, 15) is 0 Å². The Morgan fingerprint density at radius 2 is 2.00 bits per heavy atom. The Balaban J connectivity index is 1.98. The van der Waals surface area contributed by atoms with Gasteiger partial charge in [0.15, 0.2) is 0 Å².